The van der Waals surface area contributed by atoms with E-state index < -0.39 is 48.0 Å². The fourth-order valence-electron chi connectivity index (χ4n) is 5.18. The molecule has 1 fully saturated rings. The lowest BCUT2D eigenvalue weighted by Crippen LogP contribution is -2.61. The molecule has 0 saturated carbocycles. The van der Waals surface area contributed by atoms with Crippen molar-refractivity contribution in [1.29, 1.82) is 0 Å². The number of methoxy groups -OCH3 is 1. The average molecular weight is 622 g/mol. The molecule has 0 radical (unpaired) electrons. The molecule has 0 aliphatic carbocycles. The number of nitrogens with zero attached hydrogens (tertiary/aromatic N) is 2. The van der Waals surface area contributed by atoms with E-state index in [1.54, 1.807) is 52.1 Å². The van der Waals surface area contributed by atoms with Crippen LogP contribution in [0.25, 0.3) is 16.8 Å². The van der Waals surface area contributed by atoms with Crippen molar-refractivity contribution in [2.75, 3.05) is 13.7 Å². The van der Waals surface area contributed by atoms with Crippen LogP contribution in [0.3, 0.4) is 0 Å². The number of pyridine rings is 1. The van der Waals surface area contributed by atoms with Crippen molar-refractivity contribution in [3.05, 3.63) is 60.5 Å². The molecule has 1 saturated heterocycles. The molecule has 3 rings (SSSR count). The van der Waals surface area contributed by atoms with Crippen LogP contribution >= 0.6 is 0 Å². The number of carbonyl (C=O) groups is 4. The minimum absolute atomic E-state index is 0.230. The van der Waals surface area contributed by atoms with Crippen LogP contribution < -0.4 is 16.1 Å². The highest BCUT2D eigenvalue weighted by molar-refractivity contribution is 5.91. The Balaban J connectivity index is 1.59. The number of nitrogens with one attached hydrogen (secondary N) is 3. The topological polar surface area (TPSA) is 139 Å². The smallest absolute Gasteiger partial charge is 0.312 e. The van der Waals surface area contributed by atoms with E-state index >= 15 is 0 Å². The summed E-state index contributed by atoms with van der Waals surface area (Å²) in [6.45, 7) is 14.6. The van der Waals surface area contributed by atoms with Gasteiger partial charge in [-0.25, -0.2) is 5.43 Å². The van der Waals surface area contributed by atoms with Gasteiger partial charge in [-0.05, 0) is 75.6 Å². The van der Waals surface area contributed by atoms with Gasteiger partial charge in [-0.15, -0.1) is 0 Å². The largest absolute Gasteiger partial charge is 0.452 e. The fourth-order valence-corrected chi connectivity index (χ4v) is 5.18. The van der Waals surface area contributed by atoms with Crippen molar-refractivity contribution in [1.82, 2.24) is 26.1 Å². The quantitative estimate of drug-likeness (QED) is 0.227. The van der Waals surface area contributed by atoms with E-state index in [1.165, 1.54) is 12.1 Å². The summed E-state index contributed by atoms with van der Waals surface area (Å²) >= 11 is 0. The number of aromatic nitrogens is 1. The highest BCUT2D eigenvalue weighted by atomic mass is 16.6. The van der Waals surface area contributed by atoms with Crippen molar-refractivity contribution in [2.45, 2.75) is 84.7 Å². The fraction of sp³-hybridized carbons (Fsp3) is 0.500. The van der Waals surface area contributed by atoms with E-state index in [0.29, 0.717) is 19.4 Å². The predicted molar refractivity (Wildman–Crippen MR) is 173 cm³/mol. The molecule has 1 aromatic carbocycles. The molecule has 6 atom stereocenters. The highest BCUT2D eigenvalue weighted by Gasteiger charge is 2.35. The molecule has 0 spiro atoms. The number of allylic oxidation sites excluding steroid dienone is 1. The molecule has 2 aromatic rings. The summed E-state index contributed by atoms with van der Waals surface area (Å²) < 4.78 is 10.9. The first-order valence-electron chi connectivity index (χ1n) is 15.5. The van der Waals surface area contributed by atoms with Gasteiger partial charge >= 0.3 is 5.97 Å². The molecule has 3 N–H and O–H groups in total. The molecule has 1 aliphatic heterocycles. The Hall–Kier alpha value is -4.09. The summed E-state index contributed by atoms with van der Waals surface area (Å²) in [6, 6.07) is 6.06. The average Bonchev–Trinajstić information content (AvgIpc) is 3.04. The number of carbonyl (C=O) groups excluding carboxylic acids is 4. The summed E-state index contributed by atoms with van der Waals surface area (Å²) in [5, 5.41) is 9.10. The van der Waals surface area contributed by atoms with Gasteiger partial charge in [-0.2, -0.15) is 0 Å². The van der Waals surface area contributed by atoms with Gasteiger partial charge in [0.15, 0.2) is 6.10 Å². The number of esters is 1. The van der Waals surface area contributed by atoms with E-state index in [4.69, 9.17) is 9.47 Å². The highest BCUT2D eigenvalue weighted by Crippen LogP contribution is 2.22. The van der Waals surface area contributed by atoms with Crippen LogP contribution in [0.4, 0.5) is 0 Å². The van der Waals surface area contributed by atoms with Crippen molar-refractivity contribution >= 4 is 40.5 Å². The van der Waals surface area contributed by atoms with E-state index in [-0.39, 0.29) is 17.9 Å². The van der Waals surface area contributed by atoms with Crippen LogP contribution in [0.15, 0.2) is 49.2 Å². The van der Waals surface area contributed by atoms with Gasteiger partial charge in [0.25, 0.3) is 11.8 Å². The number of rotatable bonds is 13. The normalized spacial score (nSPS) is 18.6. The Labute approximate surface area is 265 Å². The Kier molecular flexibility index (Phi) is 12.8. The zero-order valence-corrected chi connectivity index (χ0v) is 27.3. The molecule has 11 nitrogen and oxygen atoms in total. The minimum atomic E-state index is -1.10. The van der Waals surface area contributed by atoms with Gasteiger partial charge in [0.1, 0.15) is 12.1 Å². The summed E-state index contributed by atoms with van der Waals surface area (Å²) in [5.74, 6) is -2.74. The number of ether oxygens (including phenoxy) is 2. The lowest BCUT2D eigenvalue weighted by molar-refractivity contribution is -0.165. The Morgan fingerprint density at radius 1 is 1.09 bits per heavy atom. The monoisotopic (exact) mass is 621 g/mol. The van der Waals surface area contributed by atoms with E-state index in [9.17, 15) is 19.2 Å². The molecule has 11 heteroatoms. The molecule has 1 aliphatic rings. The molecule has 45 heavy (non-hydrogen) atoms. The van der Waals surface area contributed by atoms with Gasteiger partial charge in [-0.1, -0.05) is 44.7 Å². The Morgan fingerprint density at radius 2 is 1.82 bits per heavy atom. The number of amides is 3. The third-order valence-electron chi connectivity index (χ3n) is 7.96. The molecule has 2 heterocycles. The summed E-state index contributed by atoms with van der Waals surface area (Å²) in [4.78, 5) is 56.8. The predicted octanol–water partition coefficient (Wildman–Crippen LogP) is 3.85. The number of hydrogen-bond acceptors (Lipinski definition) is 8. The maximum absolute atomic E-state index is 13.3. The first-order chi connectivity index (χ1) is 21.4. The molecular weight excluding hydrogens is 574 g/mol. The van der Waals surface area contributed by atoms with Crippen LogP contribution in [-0.2, 0) is 28.7 Å². The third kappa shape index (κ3) is 9.21. The van der Waals surface area contributed by atoms with Crippen molar-refractivity contribution in [3.63, 3.8) is 0 Å². The zero-order chi connectivity index (χ0) is 33.3. The van der Waals surface area contributed by atoms with E-state index in [2.05, 4.69) is 27.6 Å². The van der Waals surface area contributed by atoms with Gasteiger partial charge in [0.05, 0.1) is 23.8 Å². The van der Waals surface area contributed by atoms with E-state index in [1.807, 2.05) is 38.1 Å². The molecule has 3 amide bonds. The number of benzene rings is 1. The van der Waals surface area contributed by atoms with Crippen LogP contribution in [0.1, 0.15) is 71.7 Å². The van der Waals surface area contributed by atoms with Crippen LogP contribution in [0.5, 0.6) is 0 Å². The standard InChI is InChI=1S/C34H47N5O6/c1-9-12-29(44-8)21(5)34(43)45-30(20(3)4)32(41)37-23(7)33(42)39-16-11-13-28(38-39)31(40)36-22(6)24-14-15-25-19-35-27(10-2)18-26(25)17-24/h9-10,12,14-15,17-23,28-30,38H,2,11,13,16H2,1,3-8H3,(H,36,40)(H,37,41)/t21-,22-,23+,28+,29-,30+/m1/s1. The second kappa shape index (κ2) is 16.3. The second-order valence-electron chi connectivity index (χ2n) is 11.8. The second-order valence-corrected chi connectivity index (χ2v) is 11.8. The number of hydrogen-bond donors (Lipinski definition) is 3. The summed E-state index contributed by atoms with van der Waals surface area (Å²) in [5.41, 5.74) is 4.74. The summed E-state index contributed by atoms with van der Waals surface area (Å²) in [7, 11) is 1.50. The first-order valence-corrected chi connectivity index (χ1v) is 15.5. The lowest BCUT2D eigenvalue weighted by atomic mass is 10.0. The number of fused-ring (bicyclic) bond motifs is 1. The zero-order valence-electron chi connectivity index (χ0n) is 27.3. The van der Waals surface area contributed by atoms with Gasteiger partial charge < -0.3 is 20.1 Å². The lowest BCUT2D eigenvalue weighted by Gasteiger charge is -2.35. The first kappa shape index (κ1) is 35.4. The Morgan fingerprint density at radius 3 is 2.47 bits per heavy atom. The molecule has 1 aromatic heterocycles. The molecule has 244 valence electrons. The minimum Gasteiger partial charge on any atom is -0.452 e. The van der Waals surface area contributed by atoms with Crippen LogP contribution in [-0.4, -0.2) is 71.6 Å². The van der Waals surface area contributed by atoms with Gasteiger partial charge in [0, 0.05) is 25.2 Å². The molecular formula is C34H47N5O6. The van der Waals surface area contributed by atoms with Gasteiger partial charge in [-0.3, -0.25) is 29.2 Å². The number of hydrazine groups is 1. The van der Waals surface area contributed by atoms with E-state index in [0.717, 1.165) is 22.0 Å². The molecule has 0 bridgehead atoms. The van der Waals surface area contributed by atoms with Crippen LogP contribution in [0.2, 0.25) is 0 Å². The van der Waals surface area contributed by atoms with Crippen molar-refractivity contribution < 1.29 is 28.7 Å². The van der Waals surface area contributed by atoms with Crippen molar-refractivity contribution in [3.8, 4) is 0 Å². The maximum atomic E-state index is 13.3. The Bertz CT molecular complexity index is 1410. The summed E-state index contributed by atoms with van der Waals surface area (Å²) in [6.07, 6.45) is 6.58. The van der Waals surface area contributed by atoms with Crippen LogP contribution in [0, 0.1) is 11.8 Å². The van der Waals surface area contributed by atoms with Gasteiger partial charge in [0.2, 0.25) is 5.91 Å². The third-order valence-corrected chi connectivity index (χ3v) is 7.96. The van der Waals surface area contributed by atoms with Crippen molar-refractivity contribution in [2.24, 2.45) is 11.8 Å². The SMILES string of the molecule is C=Cc1cc2cc([C@@H](C)NC(=O)[C@@H]3CCCN(C(=O)[C@H](C)NC(=O)[C@@H](OC(=O)[C@H](C)[C@@H](C=CC)OC)C(C)C)N3)ccc2cn1. The molecule has 0 unspecified atom stereocenters. The maximum Gasteiger partial charge on any atom is 0.312 e.